The summed E-state index contributed by atoms with van der Waals surface area (Å²) in [5.74, 6) is -0.453. The van der Waals surface area contributed by atoms with Gasteiger partial charge >= 0.3 is 12.1 Å². The normalized spacial score (nSPS) is 16.2. The smallest absolute Gasteiger partial charge is 0.409 e. The molecule has 0 spiro atoms. The number of methoxy groups -OCH3 is 2. The van der Waals surface area contributed by atoms with E-state index in [9.17, 15) is 14.7 Å². The summed E-state index contributed by atoms with van der Waals surface area (Å²) >= 11 is 0. The molecule has 1 N–H and O–H groups in total. The third-order valence-electron chi connectivity index (χ3n) is 4.00. The Balaban J connectivity index is 2.18. The second-order valence-electron chi connectivity index (χ2n) is 5.41. The van der Waals surface area contributed by atoms with Crippen LogP contribution in [0.1, 0.15) is 18.5 Å². The molecule has 1 atom stereocenters. The Bertz CT molecular complexity index is 616. The maximum atomic E-state index is 11.9. The fourth-order valence-electron chi connectivity index (χ4n) is 2.78. The Kier molecular flexibility index (Phi) is 6.40. The van der Waals surface area contributed by atoms with Crippen LogP contribution in [0.15, 0.2) is 12.1 Å². The largest absolute Gasteiger partial charge is 0.481 e. The second kappa shape index (κ2) is 8.52. The van der Waals surface area contributed by atoms with Crippen LogP contribution < -0.4 is 9.47 Å². The van der Waals surface area contributed by atoms with E-state index in [0.29, 0.717) is 44.2 Å². The van der Waals surface area contributed by atoms with Crippen LogP contribution in [-0.4, -0.2) is 79.0 Å². The van der Waals surface area contributed by atoms with Crippen LogP contribution in [0.5, 0.6) is 11.8 Å². The third kappa shape index (κ3) is 4.30. The van der Waals surface area contributed by atoms with E-state index in [-0.39, 0.29) is 12.0 Å². The van der Waals surface area contributed by atoms with E-state index in [0.717, 1.165) is 0 Å². The number of carboxylic acids is 1. The van der Waals surface area contributed by atoms with Crippen LogP contribution >= 0.6 is 0 Å². The number of carboxylic acid groups (broad SMARTS) is 1. The van der Waals surface area contributed by atoms with E-state index in [1.54, 1.807) is 28.9 Å². The van der Waals surface area contributed by atoms with E-state index in [1.807, 2.05) is 0 Å². The molecule has 25 heavy (non-hydrogen) atoms. The molecule has 0 unspecified atom stereocenters. The zero-order valence-corrected chi connectivity index (χ0v) is 14.6. The fourth-order valence-corrected chi connectivity index (χ4v) is 2.78. The Morgan fingerprint density at radius 3 is 2.40 bits per heavy atom. The lowest BCUT2D eigenvalue weighted by Crippen LogP contribution is -2.51. The van der Waals surface area contributed by atoms with Gasteiger partial charge in [0.25, 0.3) is 0 Å². The van der Waals surface area contributed by atoms with Crippen LogP contribution in [0.3, 0.4) is 0 Å². The molecule has 1 amide bonds. The van der Waals surface area contributed by atoms with E-state index < -0.39 is 12.0 Å². The molecule has 0 bridgehead atoms. The first kappa shape index (κ1) is 18.8. The maximum Gasteiger partial charge on any atom is 0.409 e. The van der Waals surface area contributed by atoms with E-state index in [2.05, 4.69) is 4.98 Å². The van der Waals surface area contributed by atoms with Crippen molar-refractivity contribution >= 4 is 12.1 Å². The topological polar surface area (TPSA) is 101 Å². The van der Waals surface area contributed by atoms with Gasteiger partial charge in [-0.2, -0.15) is 4.98 Å². The number of carbonyl (C=O) groups is 2. The molecule has 9 nitrogen and oxygen atoms in total. The first-order valence-corrected chi connectivity index (χ1v) is 7.99. The monoisotopic (exact) mass is 353 g/mol. The lowest BCUT2D eigenvalue weighted by Gasteiger charge is -2.37. The van der Waals surface area contributed by atoms with Gasteiger partial charge in [0, 0.05) is 37.8 Å². The number of hydrogen-bond donors (Lipinski definition) is 1. The van der Waals surface area contributed by atoms with Gasteiger partial charge in [0.2, 0.25) is 11.8 Å². The van der Waals surface area contributed by atoms with Gasteiger partial charge in [0.1, 0.15) is 6.04 Å². The third-order valence-corrected chi connectivity index (χ3v) is 4.00. The molecule has 0 radical (unpaired) electrons. The summed E-state index contributed by atoms with van der Waals surface area (Å²) in [5.41, 5.74) is 0.445. The average molecular weight is 353 g/mol. The van der Waals surface area contributed by atoms with Gasteiger partial charge in [-0.05, 0) is 13.0 Å². The minimum absolute atomic E-state index is 0.208. The van der Waals surface area contributed by atoms with Crippen molar-refractivity contribution in [2.45, 2.75) is 13.0 Å². The number of pyridine rings is 1. The second-order valence-corrected chi connectivity index (χ2v) is 5.41. The number of rotatable bonds is 6. The van der Waals surface area contributed by atoms with Crippen LogP contribution in [0.2, 0.25) is 0 Å². The number of nitrogens with zero attached hydrogens (tertiary/aromatic N) is 3. The molecule has 2 rings (SSSR count). The summed E-state index contributed by atoms with van der Waals surface area (Å²) in [6.07, 6.45) is -0.377. The predicted molar refractivity (Wildman–Crippen MR) is 87.9 cm³/mol. The highest BCUT2D eigenvalue weighted by molar-refractivity contribution is 5.76. The van der Waals surface area contributed by atoms with Crippen LogP contribution in [-0.2, 0) is 9.53 Å². The van der Waals surface area contributed by atoms with Crippen molar-refractivity contribution in [2.75, 3.05) is 47.0 Å². The highest BCUT2D eigenvalue weighted by Crippen LogP contribution is 2.31. The number of piperazine rings is 1. The van der Waals surface area contributed by atoms with Crippen molar-refractivity contribution in [3.63, 3.8) is 0 Å². The lowest BCUT2D eigenvalue weighted by atomic mass is 10.1. The molecular weight excluding hydrogens is 330 g/mol. The predicted octanol–water partition coefficient (Wildman–Crippen LogP) is 0.999. The number of aliphatic carboxylic acids is 1. The lowest BCUT2D eigenvalue weighted by molar-refractivity contribution is -0.144. The molecule has 1 aliphatic heterocycles. The standard InChI is InChI=1S/C16H23N3O6/c1-4-25-16(22)19-9-7-18(8-10-19)13(15(20)21)11-5-6-12(23-2)17-14(11)24-3/h5-6,13H,4,7-10H2,1-3H3,(H,20,21)/t13-/m1/s1. The van der Waals surface area contributed by atoms with Crippen LogP contribution in [0.4, 0.5) is 4.79 Å². The number of hydrogen-bond acceptors (Lipinski definition) is 7. The van der Waals surface area contributed by atoms with Gasteiger partial charge in [0.05, 0.1) is 20.8 Å². The summed E-state index contributed by atoms with van der Waals surface area (Å²) in [4.78, 5) is 31.2. The molecule has 0 aromatic carbocycles. The number of amides is 1. The minimum Gasteiger partial charge on any atom is -0.481 e. The summed E-state index contributed by atoms with van der Waals surface area (Å²) in [6, 6.07) is 2.32. The Labute approximate surface area is 146 Å². The number of aromatic nitrogens is 1. The molecule has 1 aliphatic rings. The highest BCUT2D eigenvalue weighted by Gasteiger charge is 2.34. The Morgan fingerprint density at radius 2 is 1.88 bits per heavy atom. The molecule has 2 heterocycles. The van der Waals surface area contributed by atoms with Crippen molar-refractivity contribution in [3.8, 4) is 11.8 Å². The van der Waals surface area contributed by atoms with E-state index in [1.165, 1.54) is 14.2 Å². The fraction of sp³-hybridized carbons (Fsp3) is 0.562. The molecule has 1 aromatic rings. The molecule has 9 heteroatoms. The summed E-state index contributed by atoms with van der Waals surface area (Å²) in [7, 11) is 2.91. The molecule has 138 valence electrons. The van der Waals surface area contributed by atoms with Crippen molar-refractivity contribution in [1.82, 2.24) is 14.8 Å². The SMILES string of the molecule is CCOC(=O)N1CCN([C@@H](C(=O)O)c2ccc(OC)nc2OC)CC1. The Hall–Kier alpha value is -2.55. The van der Waals surface area contributed by atoms with Gasteiger partial charge in [-0.3, -0.25) is 9.69 Å². The van der Waals surface area contributed by atoms with Crippen molar-refractivity contribution in [2.24, 2.45) is 0 Å². The zero-order valence-electron chi connectivity index (χ0n) is 14.6. The minimum atomic E-state index is -1.00. The molecule has 0 aliphatic carbocycles. The van der Waals surface area contributed by atoms with Crippen molar-refractivity contribution in [1.29, 1.82) is 0 Å². The van der Waals surface area contributed by atoms with Crippen LogP contribution in [0, 0.1) is 0 Å². The first-order valence-electron chi connectivity index (χ1n) is 7.99. The Morgan fingerprint density at radius 1 is 1.20 bits per heavy atom. The first-order chi connectivity index (χ1) is 12.0. The highest BCUT2D eigenvalue weighted by atomic mass is 16.6. The van der Waals surface area contributed by atoms with Crippen molar-refractivity contribution in [3.05, 3.63) is 17.7 Å². The van der Waals surface area contributed by atoms with Gasteiger partial charge in [-0.1, -0.05) is 0 Å². The van der Waals surface area contributed by atoms with Gasteiger partial charge in [-0.15, -0.1) is 0 Å². The summed E-state index contributed by atoms with van der Waals surface area (Å²) < 4.78 is 15.3. The summed E-state index contributed by atoms with van der Waals surface area (Å²) in [5, 5.41) is 9.72. The number of ether oxygens (including phenoxy) is 3. The van der Waals surface area contributed by atoms with Gasteiger partial charge in [0.15, 0.2) is 0 Å². The molecule has 1 aromatic heterocycles. The maximum absolute atomic E-state index is 11.9. The average Bonchev–Trinajstić information content (AvgIpc) is 2.62. The van der Waals surface area contributed by atoms with E-state index >= 15 is 0 Å². The molecule has 1 fully saturated rings. The van der Waals surface area contributed by atoms with Crippen LogP contribution in [0.25, 0.3) is 0 Å². The molecular formula is C16H23N3O6. The van der Waals surface area contributed by atoms with E-state index in [4.69, 9.17) is 14.2 Å². The van der Waals surface area contributed by atoms with Crippen molar-refractivity contribution < 1.29 is 28.9 Å². The number of carbonyl (C=O) groups excluding carboxylic acids is 1. The van der Waals surface area contributed by atoms with Gasteiger partial charge in [-0.25, -0.2) is 4.79 Å². The quantitative estimate of drug-likeness (QED) is 0.808. The summed E-state index contributed by atoms with van der Waals surface area (Å²) in [6.45, 7) is 3.67. The molecule has 0 saturated carbocycles. The zero-order chi connectivity index (χ0) is 18.4. The van der Waals surface area contributed by atoms with Gasteiger partial charge < -0.3 is 24.2 Å². The molecule has 1 saturated heterocycles.